The second-order valence-corrected chi connectivity index (χ2v) is 6.49. The Balaban J connectivity index is 1.98. The molecule has 1 amide bonds. The molecule has 0 saturated carbocycles. The van der Waals surface area contributed by atoms with E-state index in [-0.39, 0.29) is 5.91 Å². The zero-order valence-corrected chi connectivity index (χ0v) is 13.3. The second kappa shape index (κ2) is 8.41. The molecular formula is C16H24N2O2S. The Morgan fingerprint density at radius 1 is 1.48 bits per heavy atom. The molecule has 116 valence electrons. The van der Waals surface area contributed by atoms with Gasteiger partial charge in [-0.3, -0.25) is 4.79 Å². The topological polar surface area (TPSA) is 55.6 Å². The van der Waals surface area contributed by atoms with Crippen LogP contribution in [0.4, 0.5) is 0 Å². The summed E-state index contributed by atoms with van der Waals surface area (Å²) in [5.74, 6) is 2.17. The van der Waals surface area contributed by atoms with E-state index in [4.69, 9.17) is 10.5 Å². The van der Waals surface area contributed by atoms with Gasteiger partial charge in [0.1, 0.15) is 0 Å². The molecule has 1 heterocycles. The lowest BCUT2D eigenvalue weighted by molar-refractivity contribution is -0.135. The highest BCUT2D eigenvalue weighted by Crippen LogP contribution is 2.23. The van der Waals surface area contributed by atoms with E-state index in [1.54, 1.807) is 7.11 Å². The first kappa shape index (κ1) is 16.3. The Bertz CT molecular complexity index is 435. The molecule has 2 N–H and O–H groups in total. The van der Waals surface area contributed by atoms with Crippen molar-refractivity contribution in [1.82, 2.24) is 4.90 Å². The van der Waals surface area contributed by atoms with Crippen molar-refractivity contribution in [3.05, 3.63) is 35.9 Å². The number of benzene rings is 1. The zero-order valence-electron chi connectivity index (χ0n) is 12.5. The van der Waals surface area contributed by atoms with Gasteiger partial charge in [0.15, 0.2) is 0 Å². The largest absolute Gasteiger partial charge is 0.383 e. The molecule has 0 radical (unpaired) electrons. The highest BCUT2D eigenvalue weighted by molar-refractivity contribution is 7.99. The maximum atomic E-state index is 12.7. The predicted octanol–water partition coefficient (Wildman–Crippen LogP) is 1.54. The molecule has 21 heavy (non-hydrogen) atoms. The molecule has 1 aliphatic heterocycles. The van der Waals surface area contributed by atoms with E-state index in [9.17, 15) is 4.79 Å². The monoisotopic (exact) mass is 308 g/mol. The average Bonchev–Trinajstić information content (AvgIpc) is 3.02. The molecular weight excluding hydrogens is 284 g/mol. The highest BCUT2D eigenvalue weighted by Gasteiger charge is 2.29. The van der Waals surface area contributed by atoms with E-state index in [1.807, 2.05) is 47.0 Å². The fourth-order valence-electron chi connectivity index (χ4n) is 2.60. The Morgan fingerprint density at radius 3 is 2.86 bits per heavy atom. The summed E-state index contributed by atoms with van der Waals surface area (Å²) in [7, 11) is 1.66. The molecule has 0 aromatic heterocycles. The maximum absolute atomic E-state index is 12.7. The number of amides is 1. The van der Waals surface area contributed by atoms with Crippen molar-refractivity contribution in [3.63, 3.8) is 0 Å². The zero-order chi connectivity index (χ0) is 15.1. The Kier molecular flexibility index (Phi) is 6.54. The molecule has 1 unspecified atom stereocenters. The highest BCUT2D eigenvalue weighted by atomic mass is 32.2. The van der Waals surface area contributed by atoms with Gasteiger partial charge >= 0.3 is 0 Å². The summed E-state index contributed by atoms with van der Waals surface area (Å²) in [6.45, 7) is 1.19. The number of hydrogen-bond donors (Lipinski definition) is 1. The minimum absolute atomic E-state index is 0.0448. The van der Waals surface area contributed by atoms with Crippen LogP contribution >= 0.6 is 11.8 Å². The Morgan fingerprint density at radius 2 is 2.24 bits per heavy atom. The molecule has 5 heteroatoms. The van der Waals surface area contributed by atoms with Crippen LogP contribution in [0.1, 0.15) is 12.0 Å². The third kappa shape index (κ3) is 4.73. The van der Waals surface area contributed by atoms with Gasteiger partial charge in [0.05, 0.1) is 12.6 Å². The molecule has 2 rings (SSSR count). The minimum atomic E-state index is -0.477. The molecule has 1 fully saturated rings. The molecule has 2 atom stereocenters. The number of ether oxygens (including phenoxy) is 1. The lowest BCUT2D eigenvalue weighted by atomic mass is 10.0. The van der Waals surface area contributed by atoms with Crippen molar-refractivity contribution < 1.29 is 9.53 Å². The summed E-state index contributed by atoms with van der Waals surface area (Å²) in [5.41, 5.74) is 7.25. The Labute approximate surface area is 131 Å². The molecule has 1 aliphatic rings. The summed E-state index contributed by atoms with van der Waals surface area (Å²) in [5, 5.41) is 0. The minimum Gasteiger partial charge on any atom is -0.383 e. The van der Waals surface area contributed by atoms with Gasteiger partial charge < -0.3 is 15.4 Å². The molecule has 1 saturated heterocycles. The Hall–Kier alpha value is -1.04. The lowest BCUT2D eigenvalue weighted by Crippen LogP contribution is -2.50. The number of hydrogen-bond acceptors (Lipinski definition) is 4. The SMILES string of the molecule is COCCN(C(=O)[C@H](N)Cc1ccccc1)C1CCSC1. The first-order valence-electron chi connectivity index (χ1n) is 7.39. The standard InChI is InChI=1S/C16H24N2O2S/c1-20-9-8-18(14-7-10-21-12-14)16(19)15(17)11-13-5-3-2-4-6-13/h2-6,14-15H,7-12,17H2,1H3/t14?,15-/m1/s1. The third-order valence-electron chi connectivity index (χ3n) is 3.78. The predicted molar refractivity (Wildman–Crippen MR) is 87.4 cm³/mol. The fraction of sp³-hybridized carbons (Fsp3) is 0.562. The van der Waals surface area contributed by atoms with E-state index in [0.717, 1.165) is 23.5 Å². The van der Waals surface area contributed by atoms with Crippen molar-refractivity contribution in [2.45, 2.75) is 24.9 Å². The summed E-state index contributed by atoms with van der Waals surface area (Å²) >= 11 is 1.90. The van der Waals surface area contributed by atoms with Crippen LogP contribution in [0.25, 0.3) is 0 Å². The van der Waals surface area contributed by atoms with Gasteiger partial charge in [0.25, 0.3) is 0 Å². The van der Waals surface area contributed by atoms with E-state index in [0.29, 0.717) is 25.6 Å². The number of thioether (sulfide) groups is 1. The first-order valence-corrected chi connectivity index (χ1v) is 8.54. The van der Waals surface area contributed by atoms with Crippen molar-refractivity contribution >= 4 is 17.7 Å². The van der Waals surface area contributed by atoms with Crippen LogP contribution in [-0.4, -0.2) is 54.7 Å². The van der Waals surface area contributed by atoms with Crippen molar-refractivity contribution in [2.75, 3.05) is 31.8 Å². The summed E-state index contributed by atoms with van der Waals surface area (Å²) in [6.07, 6.45) is 1.64. The van der Waals surface area contributed by atoms with E-state index in [2.05, 4.69) is 0 Å². The molecule has 1 aromatic carbocycles. The summed E-state index contributed by atoms with van der Waals surface area (Å²) in [4.78, 5) is 14.6. The van der Waals surface area contributed by atoms with Crippen molar-refractivity contribution in [1.29, 1.82) is 0 Å². The molecule has 0 bridgehead atoms. The molecule has 1 aromatic rings. The number of methoxy groups -OCH3 is 1. The normalized spacial score (nSPS) is 19.4. The number of carbonyl (C=O) groups excluding carboxylic acids is 1. The first-order chi connectivity index (χ1) is 10.2. The summed E-state index contributed by atoms with van der Waals surface area (Å²) in [6, 6.07) is 9.77. The van der Waals surface area contributed by atoms with Gasteiger partial charge in [0, 0.05) is 25.4 Å². The number of rotatable bonds is 7. The van der Waals surface area contributed by atoms with Crippen LogP contribution < -0.4 is 5.73 Å². The smallest absolute Gasteiger partial charge is 0.240 e. The van der Waals surface area contributed by atoms with Gasteiger partial charge in [-0.2, -0.15) is 11.8 Å². The van der Waals surface area contributed by atoms with Crippen LogP contribution in [0, 0.1) is 0 Å². The van der Waals surface area contributed by atoms with Gasteiger partial charge in [0.2, 0.25) is 5.91 Å². The fourth-order valence-corrected chi connectivity index (χ4v) is 3.82. The molecule has 4 nitrogen and oxygen atoms in total. The van der Waals surface area contributed by atoms with Crippen LogP contribution in [0.5, 0.6) is 0 Å². The van der Waals surface area contributed by atoms with E-state index < -0.39 is 6.04 Å². The van der Waals surface area contributed by atoms with Crippen molar-refractivity contribution in [2.24, 2.45) is 5.73 Å². The average molecular weight is 308 g/mol. The van der Waals surface area contributed by atoms with Crippen molar-refractivity contribution in [3.8, 4) is 0 Å². The van der Waals surface area contributed by atoms with Gasteiger partial charge in [-0.15, -0.1) is 0 Å². The maximum Gasteiger partial charge on any atom is 0.240 e. The van der Waals surface area contributed by atoms with E-state index in [1.165, 1.54) is 0 Å². The lowest BCUT2D eigenvalue weighted by Gasteiger charge is -2.30. The quantitative estimate of drug-likeness (QED) is 0.830. The molecule has 0 spiro atoms. The third-order valence-corrected chi connectivity index (χ3v) is 4.93. The van der Waals surface area contributed by atoms with Gasteiger partial charge in [-0.05, 0) is 24.2 Å². The summed E-state index contributed by atoms with van der Waals surface area (Å²) < 4.78 is 5.14. The van der Waals surface area contributed by atoms with Crippen LogP contribution in [0.3, 0.4) is 0 Å². The molecule has 0 aliphatic carbocycles. The number of carbonyl (C=O) groups is 1. The van der Waals surface area contributed by atoms with Gasteiger partial charge in [-0.25, -0.2) is 0 Å². The number of nitrogens with zero attached hydrogens (tertiary/aromatic N) is 1. The number of nitrogens with two attached hydrogens (primary N) is 1. The van der Waals surface area contributed by atoms with Crippen LogP contribution in [0.15, 0.2) is 30.3 Å². The van der Waals surface area contributed by atoms with Crippen LogP contribution in [-0.2, 0) is 16.0 Å². The van der Waals surface area contributed by atoms with E-state index >= 15 is 0 Å². The van der Waals surface area contributed by atoms with Gasteiger partial charge in [-0.1, -0.05) is 30.3 Å². The van der Waals surface area contributed by atoms with Crippen LogP contribution in [0.2, 0.25) is 0 Å². The second-order valence-electron chi connectivity index (χ2n) is 5.34.